The summed E-state index contributed by atoms with van der Waals surface area (Å²) in [6.07, 6.45) is 1.83. The Kier molecular flexibility index (Phi) is 4.81. The van der Waals surface area contributed by atoms with Crippen LogP contribution in [0.3, 0.4) is 0 Å². The molecular formula is C12H16N2O3S2. The molecule has 0 atom stereocenters. The summed E-state index contributed by atoms with van der Waals surface area (Å²) >= 11 is 3.22. The molecule has 0 aliphatic carbocycles. The van der Waals surface area contributed by atoms with Gasteiger partial charge in [-0.2, -0.15) is 11.8 Å². The summed E-state index contributed by atoms with van der Waals surface area (Å²) < 4.78 is 0. The van der Waals surface area contributed by atoms with Crippen LogP contribution in [0.5, 0.6) is 0 Å². The lowest BCUT2D eigenvalue weighted by Gasteiger charge is -2.33. The molecule has 2 N–H and O–H groups in total. The van der Waals surface area contributed by atoms with Crippen LogP contribution < -0.4 is 5.32 Å². The number of amides is 1. The van der Waals surface area contributed by atoms with Crippen LogP contribution in [-0.2, 0) is 16.0 Å². The zero-order chi connectivity index (χ0) is 13.7. The molecule has 1 aliphatic heterocycles. The van der Waals surface area contributed by atoms with Gasteiger partial charge in [0.2, 0.25) is 5.91 Å². The number of thioether (sulfide) groups is 1. The standard InChI is InChI=1S/C12H16N2O3S2/c15-10(2-1-9-7-19-8-13-9)14-12(11(16)17)3-5-18-6-4-12/h7-8H,1-6H2,(H,14,15)(H,16,17). The van der Waals surface area contributed by atoms with Gasteiger partial charge in [-0.05, 0) is 30.8 Å². The molecule has 19 heavy (non-hydrogen) atoms. The Hall–Kier alpha value is -1.08. The second-order valence-corrected chi connectivity index (χ2v) is 6.47. The molecule has 2 heterocycles. The largest absolute Gasteiger partial charge is 0.480 e. The normalized spacial score (nSPS) is 17.9. The molecule has 1 saturated heterocycles. The van der Waals surface area contributed by atoms with Crippen LogP contribution in [0.25, 0.3) is 0 Å². The third kappa shape index (κ3) is 3.70. The molecule has 0 saturated carbocycles. The Bertz CT molecular complexity index is 442. The molecule has 1 fully saturated rings. The maximum absolute atomic E-state index is 11.9. The Morgan fingerprint density at radius 1 is 1.42 bits per heavy atom. The SMILES string of the molecule is O=C(CCc1cscn1)NC1(C(=O)O)CCSCC1. The summed E-state index contributed by atoms with van der Waals surface area (Å²) in [5.74, 6) is 0.425. The molecule has 7 heteroatoms. The molecule has 1 amide bonds. The second-order valence-electron chi connectivity index (χ2n) is 4.53. The Morgan fingerprint density at radius 3 is 2.74 bits per heavy atom. The van der Waals surface area contributed by atoms with Crippen molar-refractivity contribution in [3.63, 3.8) is 0 Å². The van der Waals surface area contributed by atoms with Crippen LogP contribution in [-0.4, -0.2) is 39.0 Å². The monoisotopic (exact) mass is 300 g/mol. The maximum Gasteiger partial charge on any atom is 0.329 e. The smallest absolute Gasteiger partial charge is 0.329 e. The first-order valence-corrected chi connectivity index (χ1v) is 8.21. The predicted octanol–water partition coefficient (Wildman–Crippen LogP) is 1.54. The van der Waals surface area contributed by atoms with E-state index in [0.717, 1.165) is 17.2 Å². The average Bonchev–Trinajstić information content (AvgIpc) is 2.90. The van der Waals surface area contributed by atoms with Gasteiger partial charge >= 0.3 is 5.97 Å². The number of carbonyl (C=O) groups excluding carboxylic acids is 1. The van der Waals surface area contributed by atoms with Crippen molar-refractivity contribution in [3.8, 4) is 0 Å². The lowest BCUT2D eigenvalue weighted by atomic mass is 9.92. The molecule has 0 radical (unpaired) electrons. The first kappa shape index (κ1) is 14.3. The Balaban J connectivity index is 1.90. The summed E-state index contributed by atoms with van der Waals surface area (Å²) in [5.41, 5.74) is 1.54. The van der Waals surface area contributed by atoms with E-state index in [1.165, 1.54) is 11.3 Å². The summed E-state index contributed by atoms with van der Waals surface area (Å²) in [6, 6.07) is 0. The van der Waals surface area contributed by atoms with Gasteiger partial charge in [0.1, 0.15) is 5.54 Å². The number of carboxylic acids is 1. The van der Waals surface area contributed by atoms with Gasteiger partial charge in [0, 0.05) is 11.8 Å². The van der Waals surface area contributed by atoms with Crippen LogP contribution in [0.15, 0.2) is 10.9 Å². The molecule has 1 aromatic heterocycles. The molecule has 1 aromatic rings. The fourth-order valence-electron chi connectivity index (χ4n) is 2.04. The molecule has 0 bridgehead atoms. The molecule has 0 spiro atoms. The van der Waals surface area contributed by atoms with Gasteiger partial charge in [0.05, 0.1) is 11.2 Å². The number of nitrogens with zero attached hydrogens (tertiary/aromatic N) is 1. The quantitative estimate of drug-likeness (QED) is 0.862. The predicted molar refractivity (Wildman–Crippen MR) is 75.5 cm³/mol. The molecule has 0 aromatic carbocycles. The number of carboxylic acid groups (broad SMARTS) is 1. The van der Waals surface area contributed by atoms with Crippen molar-refractivity contribution in [2.75, 3.05) is 11.5 Å². The van der Waals surface area contributed by atoms with E-state index in [-0.39, 0.29) is 12.3 Å². The van der Waals surface area contributed by atoms with Gasteiger partial charge in [0.15, 0.2) is 0 Å². The zero-order valence-electron chi connectivity index (χ0n) is 10.4. The number of aliphatic carboxylic acids is 1. The summed E-state index contributed by atoms with van der Waals surface area (Å²) in [5, 5.41) is 14.0. The van der Waals surface area contributed by atoms with Gasteiger partial charge < -0.3 is 10.4 Å². The number of rotatable bonds is 5. The highest BCUT2D eigenvalue weighted by Gasteiger charge is 2.41. The minimum absolute atomic E-state index is 0.206. The number of hydrogen-bond acceptors (Lipinski definition) is 5. The summed E-state index contributed by atoms with van der Waals surface area (Å²) in [6.45, 7) is 0. The van der Waals surface area contributed by atoms with E-state index in [1.807, 2.05) is 5.38 Å². The van der Waals surface area contributed by atoms with E-state index in [9.17, 15) is 14.7 Å². The van der Waals surface area contributed by atoms with E-state index in [0.29, 0.717) is 19.3 Å². The number of nitrogens with one attached hydrogen (secondary N) is 1. The average molecular weight is 300 g/mol. The number of carbonyl (C=O) groups is 2. The molecule has 1 aliphatic rings. The van der Waals surface area contributed by atoms with Crippen LogP contribution >= 0.6 is 23.1 Å². The number of thiazole rings is 1. The van der Waals surface area contributed by atoms with Crippen LogP contribution in [0.4, 0.5) is 0 Å². The minimum Gasteiger partial charge on any atom is -0.480 e. The minimum atomic E-state index is -1.07. The van der Waals surface area contributed by atoms with Crippen LogP contribution in [0.2, 0.25) is 0 Å². The maximum atomic E-state index is 11.9. The molecule has 5 nitrogen and oxygen atoms in total. The summed E-state index contributed by atoms with van der Waals surface area (Å²) in [4.78, 5) is 27.4. The van der Waals surface area contributed by atoms with Gasteiger partial charge in [-0.3, -0.25) is 4.79 Å². The van der Waals surface area contributed by atoms with Crippen molar-refractivity contribution in [1.29, 1.82) is 0 Å². The fraction of sp³-hybridized carbons (Fsp3) is 0.583. The van der Waals surface area contributed by atoms with E-state index >= 15 is 0 Å². The lowest BCUT2D eigenvalue weighted by molar-refractivity contribution is -0.148. The van der Waals surface area contributed by atoms with Crippen molar-refractivity contribution in [3.05, 3.63) is 16.6 Å². The van der Waals surface area contributed by atoms with E-state index in [1.54, 1.807) is 17.3 Å². The highest BCUT2D eigenvalue weighted by Crippen LogP contribution is 2.27. The highest BCUT2D eigenvalue weighted by atomic mass is 32.2. The topological polar surface area (TPSA) is 79.3 Å². The number of aryl methyl sites for hydroxylation is 1. The highest BCUT2D eigenvalue weighted by molar-refractivity contribution is 7.99. The zero-order valence-corrected chi connectivity index (χ0v) is 12.1. The van der Waals surface area contributed by atoms with Gasteiger partial charge in [-0.15, -0.1) is 11.3 Å². The third-order valence-corrected chi connectivity index (χ3v) is 4.85. The molecule has 0 unspecified atom stereocenters. The van der Waals surface area contributed by atoms with Crippen LogP contribution in [0, 0.1) is 0 Å². The van der Waals surface area contributed by atoms with Gasteiger partial charge in [-0.25, -0.2) is 9.78 Å². The first-order valence-electron chi connectivity index (χ1n) is 6.12. The number of hydrogen-bond donors (Lipinski definition) is 2. The number of aromatic nitrogens is 1. The summed E-state index contributed by atoms with van der Waals surface area (Å²) in [7, 11) is 0. The van der Waals surface area contributed by atoms with E-state index in [4.69, 9.17) is 0 Å². The van der Waals surface area contributed by atoms with Crippen molar-refractivity contribution < 1.29 is 14.7 Å². The molecule has 2 rings (SSSR count). The first-order chi connectivity index (χ1) is 9.12. The van der Waals surface area contributed by atoms with Crippen molar-refractivity contribution >= 4 is 35.0 Å². The second kappa shape index (κ2) is 6.38. The lowest BCUT2D eigenvalue weighted by Crippen LogP contribution is -2.56. The van der Waals surface area contributed by atoms with Gasteiger partial charge in [0.25, 0.3) is 0 Å². The van der Waals surface area contributed by atoms with Crippen molar-refractivity contribution in [2.45, 2.75) is 31.2 Å². The van der Waals surface area contributed by atoms with E-state index in [2.05, 4.69) is 10.3 Å². The Morgan fingerprint density at radius 2 is 2.16 bits per heavy atom. The molecular weight excluding hydrogens is 284 g/mol. The third-order valence-electron chi connectivity index (χ3n) is 3.23. The van der Waals surface area contributed by atoms with E-state index < -0.39 is 11.5 Å². The van der Waals surface area contributed by atoms with Crippen LogP contribution in [0.1, 0.15) is 25.0 Å². The van der Waals surface area contributed by atoms with Gasteiger partial charge in [-0.1, -0.05) is 0 Å². The fourth-order valence-corrected chi connectivity index (χ4v) is 3.83. The van der Waals surface area contributed by atoms with Crippen molar-refractivity contribution in [1.82, 2.24) is 10.3 Å². The molecule has 104 valence electrons. The Labute approximate surface area is 119 Å². The van der Waals surface area contributed by atoms with Crippen molar-refractivity contribution in [2.24, 2.45) is 0 Å².